The van der Waals surface area contributed by atoms with Crippen LogP contribution in [0.3, 0.4) is 0 Å². The van der Waals surface area contributed by atoms with Gasteiger partial charge in [-0.25, -0.2) is 13.2 Å². The van der Waals surface area contributed by atoms with Crippen molar-refractivity contribution in [1.29, 1.82) is 0 Å². The van der Waals surface area contributed by atoms with Crippen molar-refractivity contribution < 1.29 is 22.7 Å². The number of carbonyl (C=O) groups is 1. The minimum absolute atomic E-state index is 0.0966. The summed E-state index contributed by atoms with van der Waals surface area (Å²) in [6, 6.07) is 1.63. The van der Waals surface area contributed by atoms with Crippen molar-refractivity contribution in [3.8, 4) is 0 Å². The third kappa shape index (κ3) is 4.55. The van der Waals surface area contributed by atoms with E-state index in [4.69, 9.17) is 4.74 Å². The summed E-state index contributed by atoms with van der Waals surface area (Å²) in [6.45, 7) is 4.49. The maximum Gasteiger partial charge on any atom is 0.254 e. The second-order valence-electron chi connectivity index (χ2n) is 4.25. The first kappa shape index (κ1) is 15.5. The van der Waals surface area contributed by atoms with Gasteiger partial charge in [0, 0.05) is 13.2 Å². The van der Waals surface area contributed by atoms with Crippen LogP contribution in [0.1, 0.15) is 30.6 Å². The van der Waals surface area contributed by atoms with Gasteiger partial charge in [-0.3, -0.25) is 4.79 Å². The Kier molecular flexibility index (Phi) is 5.82. The zero-order valence-electron chi connectivity index (χ0n) is 10.8. The van der Waals surface area contributed by atoms with E-state index in [0.29, 0.717) is 13.0 Å². The maximum absolute atomic E-state index is 13.3. The fraction of sp³-hybridized carbons (Fsp3) is 0.462. The lowest BCUT2D eigenvalue weighted by molar-refractivity contribution is 0.0756. The molecule has 0 aliphatic heterocycles. The monoisotopic (exact) mass is 275 g/mol. The van der Waals surface area contributed by atoms with Crippen molar-refractivity contribution in [1.82, 2.24) is 5.32 Å². The number of nitrogens with one attached hydrogen (secondary N) is 1. The van der Waals surface area contributed by atoms with Gasteiger partial charge in [-0.05, 0) is 32.4 Å². The molecule has 1 aromatic carbocycles. The lowest BCUT2D eigenvalue weighted by Gasteiger charge is -2.09. The molecule has 0 fully saturated rings. The van der Waals surface area contributed by atoms with Gasteiger partial charge in [0.05, 0.1) is 11.7 Å². The van der Waals surface area contributed by atoms with E-state index in [1.165, 1.54) is 0 Å². The highest BCUT2D eigenvalue weighted by atomic mass is 19.2. The molecule has 0 saturated carbocycles. The molecule has 0 unspecified atom stereocenters. The second kappa shape index (κ2) is 7.13. The zero-order valence-corrected chi connectivity index (χ0v) is 10.8. The third-order valence-corrected chi connectivity index (χ3v) is 2.34. The lowest BCUT2D eigenvalue weighted by atomic mass is 10.2. The molecule has 19 heavy (non-hydrogen) atoms. The van der Waals surface area contributed by atoms with E-state index in [9.17, 15) is 18.0 Å². The average molecular weight is 275 g/mol. The fourth-order valence-corrected chi connectivity index (χ4v) is 1.39. The van der Waals surface area contributed by atoms with E-state index in [1.54, 1.807) is 0 Å². The smallest absolute Gasteiger partial charge is 0.254 e. The van der Waals surface area contributed by atoms with Crippen LogP contribution in [-0.2, 0) is 4.74 Å². The fourth-order valence-electron chi connectivity index (χ4n) is 1.39. The van der Waals surface area contributed by atoms with Crippen molar-refractivity contribution in [2.24, 2.45) is 0 Å². The normalized spacial score (nSPS) is 10.8. The highest BCUT2D eigenvalue weighted by molar-refractivity contribution is 5.94. The van der Waals surface area contributed by atoms with Crippen LogP contribution in [0, 0.1) is 17.5 Å². The molecule has 1 aromatic rings. The minimum atomic E-state index is -1.64. The highest BCUT2D eigenvalue weighted by Crippen LogP contribution is 2.14. The van der Waals surface area contributed by atoms with E-state index >= 15 is 0 Å². The van der Waals surface area contributed by atoms with Gasteiger partial charge in [0.25, 0.3) is 5.91 Å². The Balaban J connectivity index is 2.48. The Morgan fingerprint density at radius 3 is 2.58 bits per heavy atom. The first-order chi connectivity index (χ1) is 8.93. The molecule has 6 heteroatoms. The molecule has 3 nitrogen and oxygen atoms in total. The van der Waals surface area contributed by atoms with E-state index in [0.717, 1.165) is 12.1 Å². The van der Waals surface area contributed by atoms with Crippen LogP contribution in [0.25, 0.3) is 0 Å². The standard InChI is InChI=1S/C13H16F3NO2/c1-8(2)19-7-3-6-17-13(18)9-4-5-10(14)12(16)11(9)15/h4-5,8H,3,6-7H2,1-2H3,(H,17,18). The number of ether oxygens (including phenoxy) is 1. The summed E-state index contributed by atoms with van der Waals surface area (Å²) in [5.74, 6) is -5.22. The van der Waals surface area contributed by atoms with Crippen molar-refractivity contribution >= 4 is 5.91 Å². The van der Waals surface area contributed by atoms with Gasteiger partial charge in [0.15, 0.2) is 17.5 Å². The quantitative estimate of drug-likeness (QED) is 0.640. The molecule has 0 heterocycles. The Morgan fingerprint density at radius 1 is 1.26 bits per heavy atom. The molecule has 0 spiro atoms. The van der Waals surface area contributed by atoms with Crippen LogP contribution in [0.15, 0.2) is 12.1 Å². The summed E-state index contributed by atoms with van der Waals surface area (Å²) in [4.78, 5) is 11.5. The molecule has 0 bridgehead atoms. The first-order valence-electron chi connectivity index (χ1n) is 5.96. The Hall–Kier alpha value is -1.56. The zero-order chi connectivity index (χ0) is 14.4. The highest BCUT2D eigenvalue weighted by Gasteiger charge is 2.18. The van der Waals surface area contributed by atoms with E-state index in [-0.39, 0.29) is 12.6 Å². The number of rotatable bonds is 6. The Bertz CT molecular complexity index is 450. The summed E-state index contributed by atoms with van der Waals surface area (Å²) in [5, 5.41) is 2.41. The van der Waals surface area contributed by atoms with Crippen molar-refractivity contribution in [2.75, 3.05) is 13.2 Å². The SMILES string of the molecule is CC(C)OCCCNC(=O)c1ccc(F)c(F)c1F. The minimum Gasteiger partial charge on any atom is -0.379 e. The molecule has 1 amide bonds. The molecule has 1 rings (SSSR count). The van der Waals surface area contributed by atoms with Crippen LogP contribution < -0.4 is 5.32 Å². The van der Waals surface area contributed by atoms with E-state index in [2.05, 4.69) is 5.32 Å². The molecule has 106 valence electrons. The molecular formula is C13H16F3NO2. The van der Waals surface area contributed by atoms with Gasteiger partial charge in [0.1, 0.15) is 0 Å². The number of halogens is 3. The van der Waals surface area contributed by atoms with Crippen LogP contribution in [0.5, 0.6) is 0 Å². The summed E-state index contributed by atoms with van der Waals surface area (Å²) in [5.41, 5.74) is -0.510. The molecule has 0 aliphatic rings. The predicted octanol–water partition coefficient (Wildman–Crippen LogP) is 2.65. The summed E-state index contributed by atoms with van der Waals surface area (Å²) < 4.78 is 44.2. The predicted molar refractivity (Wildman–Crippen MR) is 64.4 cm³/mol. The lowest BCUT2D eigenvalue weighted by Crippen LogP contribution is -2.26. The molecule has 0 atom stereocenters. The topological polar surface area (TPSA) is 38.3 Å². The van der Waals surface area contributed by atoms with Gasteiger partial charge in [0.2, 0.25) is 0 Å². The van der Waals surface area contributed by atoms with Crippen molar-refractivity contribution in [3.63, 3.8) is 0 Å². The molecule has 0 saturated heterocycles. The van der Waals surface area contributed by atoms with Crippen LogP contribution in [-0.4, -0.2) is 25.2 Å². The first-order valence-corrected chi connectivity index (χ1v) is 5.96. The van der Waals surface area contributed by atoms with Crippen LogP contribution >= 0.6 is 0 Å². The number of hydrogen-bond donors (Lipinski definition) is 1. The van der Waals surface area contributed by atoms with Crippen LogP contribution in [0.2, 0.25) is 0 Å². The van der Waals surface area contributed by atoms with Gasteiger partial charge in [-0.2, -0.15) is 0 Å². The average Bonchev–Trinajstić information content (AvgIpc) is 2.35. The molecule has 1 N–H and O–H groups in total. The van der Waals surface area contributed by atoms with Crippen LogP contribution in [0.4, 0.5) is 13.2 Å². The van der Waals surface area contributed by atoms with Crippen molar-refractivity contribution in [3.05, 3.63) is 35.1 Å². The summed E-state index contributed by atoms with van der Waals surface area (Å²) >= 11 is 0. The largest absolute Gasteiger partial charge is 0.379 e. The van der Waals surface area contributed by atoms with Gasteiger partial charge < -0.3 is 10.1 Å². The van der Waals surface area contributed by atoms with Gasteiger partial charge in [-0.15, -0.1) is 0 Å². The Morgan fingerprint density at radius 2 is 1.95 bits per heavy atom. The number of carbonyl (C=O) groups excluding carboxylic acids is 1. The third-order valence-electron chi connectivity index (χ3n) is 2.34. The second-order valence-corrected chi connectivity index (χ2v) is 4.25. The number of amides is 1. The maximum atomic E-state index is 13.3. The Labute approximate surface area is 109 Å². The van der Waals surface area contributed by atoms with Gasteiger partial charge >= 0.3 is 0 Å². The van der Waals surface area contributed by atoms with Crippen molar-refractivity contribution in [2.45, 2.75) is 26.4 Å². The molecular weight excluding hydrogens is 259 g/mol. The summed E-state index contributed by atoms with van der Waals surface area (Å²) in [6.07, 6.45) is 0.647. The number of hydrogen-bond acceptors (Lipinski definition) is 2. The van der Waals surface area contributed by atoms with E-state index < -0.39 is 28.9 Å². The number of benzene rings is 1. The summed E-state index contributed by atoms with van der Waals surface area (Å²) in [7, 11) is 0. The van der Waals surface area contributed by atoms with E-state index in [1.807, 2.05) is 13.8 Å². The van der Waals surface area contributed by atoms with Gasteiger partial charge in [-0.1, -0.05) is 0 Å². The molecule has 0 radical (unpaired) electrons. The molecule has 0 aromatic heterocycles. The molecule has 0 aliphatic carbocycles.